The Balaban J connectivity index is 0.00000289. The molecule has 0 aliphatic carbocycles. The minimum atomic E-state index is -1.23. The molecule has 0 atom stereocenters. The van der Waals surface area contributed by atoms with Gasteiger partial charge < -0.3 is 15.2 Å². The summed E-state index contributed by atoms with van der Waals surface area (Å²) >= 11 is 0. The maximum absolute atomic E-state index is 11.8. The third kappa shape index (κ3) is 4.44. The van der Waals surface area contributed by atoms with Gasteiger partial charge >= 0.3 is 29.6 Å². The van der Waals surface area contributed by atoms with Crippen LogP contribution in [0, 0.1) is 5.41 Å². The van der Waals surface area contributed by atoms with E-state index in [1.54, 1.807) is 12.1 Å². The van der Waals surface area contributed by atoms with Crippen LogP contribution in [0.15, 0.2) is 24.3 Å². The molecule has 0 spiro atoms. The molecule has 0 saturated carbocycles. The second kappa shape index (κ2) is 6.92. The van der Waals surface area contributed by atoms with E-state index < -0.39 is 11.4 Å². The summed E-state index contributed by atoms with van der Waals surface area (Å²) in [5.41, 5.74) is 0.242. The Labute approximate surface area is 129 Å². The van der Waals surface area contributed by atoms with Crippen molar-refractivity contribution < 1.29 is 44.3 Å². The van der Waals surface area contributed by atoms with Crippen molar-refractivity contribution >= 4 is 17.6 Å². The first kappa shape index (κ1) is 17.2. The summed E-state index contributed by atoms with van der Waals surface area (Å²) in [4.78, 5) is 22.4. The van der Waals surface area contributed by atoms with Gasteiger partial charge in [0.1, 0.15) is 0 Å². The molecule has 1 rings (SSSR count). The molecule has 5 heteroatoms. The number of carboxylic acids is 1. The van der Waals surface area contributed by atoms with Crippen LogP contribution in [0.5, 0.6) is 0 Å². The predicted molar refractivity (Wildman–Crippen MR) is 63.5 cm³/mol. The van der Waals surface area contributed by atoms with Crippen molar-refractivity contribution in [2.24, 2.45) is 5.41 Å². The second-order valence-electron chi connectivity index (χ2n) is 4.56. The van der Waals surface area contributed by atoms with Crippen LogP contribution in [0.4, 0.5) is 5.69 Å². The molecule has 1 aromatic carbocycles. The Morgan fingerprint density at radius 2 is 1.72 bits per heavy atom. The zero-order chi connectivity index (χ0) is 13.1. The number of aromatic carboxylic acids is 1. The van der Waals surface area contributed by atoms with E-state index in [9.17, 15) is 14.7 Å². The van der Waals surface area contributed by atoms with Crippen LogP contribution in [0.2, 0.25) is 0 Å². The number of benzene rings is 1. The average molecular weight is 257 g/mol. The monoisotopic (exact) mass is 257 g/mol. The summed E-state index contributed by atoms with van der Waals surface area (Å²) in [6.45, 7) is 5.66. The summed E-state index contributed by atoms with van der Waals surface area (Å²) in [5.74, 6) is -1.31. The van der Waals surface area contributed by atoms with E-state index in [2.05, 4.69) is 5.32 Å². The van der Waals surface area contributed by atoms with Crippen LogP contribution >= 0.6 is 0 Å². The van der Waals surface area contributed by atoms with Crippen molar-refractivity contribution in [3.05, 3.63) is 29.8 Å². The van der Waals surface area contributed by atoms with Crippen molar-refractivity contribution in [3.8, 4) is 0 Å². The minimum Gasteiger partial charge on any atom is -0.545 e. The fourth-order valence-corrected chi connectivity index (χ4v) is 1.15. The van der Waals surface area contributed by atoms with Gasteiger partial charge in [0.2, 0.25) is 5.91 Å². The molecule has 0 aliphatic rings. The molecule has 1 amide bonds. The molecule has 92 valence electrons. The maximum Gasteiger partial charge on any atom is 1.00 e. The van der Waals surface area contributed by atoms with Gasteiger partial charge in [-0.05, 0) is 24.1 Å². The second-order valence-corrected chi connectivity index (χ2v) is 4.56. The van der Waals surface area contributed by atoms with Gasteiger partial charge in [-0.3, -0.25) is 4.79 Å². The van der Waals surface area contributed by atoms with Gasteiger partial charge in [0, 0.05) is 11.1 Å². The molecule has 1 aromatic rings. The third-order valence-corrected chi connectivity index (χ3v) is 2.88. The normalized spacial score (nSPS) is 10.4. The Morgan fingerprint density at radius 1 is 1.22 bits per heavy atom. The zero-order valence-corrected chi connectivity index (χ0v) is 13.2. The van der Waals surface area contributed by atoms with Crippen LogP contribution in [0.1, 0.15) is 37.6 Å². The smallest absolute Gasteiger partial charge is 0.545 e. The molecule has 0 aromatic heterocycles. The van der Waals surface area contributed by atoms with Crippen LogP contribution in [-0.2, 0) is 4.79 Å². The van der Waals surface area contributed by atoms with Gasteiger partial charge in [-0.1, -0.05) is 32.9 Å². The summed E-state index contributed by atoms with van der Waals surface area (Å²) in [5, 5.41) is 13.3. The fraction of sp³-hybridized carbons (Fsp3) is 0.385. The number of hydrogen-bond donors (Lipinski definition) is 1. The largest absolute Gasteiger partial charge is 1.00 e. The van der Waals surface area contributed by atoms with E-state index in [4.69, 9.17) is 0 Å². The molecule has 0 radical (unpaired) electrons. The number of nitrogens with one attached hydrogen (secondary N) is 1. The number of amides is 1. The molecule has 4 nitrogen and oxygen atoms in total. The van der Waals surface area contributed by atoms with E-state index in [-0.39, 0.29) is 41.0 Å². The van der Waals surface area contributed by atoms with Gasteiger partial charge in [0.25, 0.3) is 0 Å². The van der Waals surface area contributed by atoms with Gasteiger partial charge in [0.15, 0.2) is 0 Å². The number of anilines is 1. The van der Waals surface area contributed by atoms with Gasteiger partial charge in [-0.2, -0.15) is 0 Å². The van der Waals surface area contributed by atoms with E-state index in [0.29, 0.717) is 5.69 Å². The Kier molecular flexibility index (Phi) is 6.60. The zero-order valence-electron chi connectivity index (χ0n) is 11.2. The molecule has 18 heavy (non-hydrogen) atoms. The molecule has 1 N–H and O–H groups in total. The molecule has 0 fully saturated rings. The number of carbonyl (C=O) groups is 2. The van der Waals surface area contributed by atoms with E-state index in [1.807, 2.05) is 20.8 Å². The first-order chi connectivity index (χ1) is 7.86. The topological polar surface area (TPSA) is 69.2 Å². The Hall–Kier alpha value is -0.840. The summed E-state index contributed by atoms with van der Waals surface area (Å²) in [7, 11) is 0. The summed E-state index contributed by atoms with van der Waals surface area (Å²) in [6, 6.07) is 5.91. The first-order valence-corrected chi connectivity index (χ1v) is 5.49. The molecule has 0 heterocycles. The number of rotatable bonds is 4. The van der Waals surface area contributed by atoms with Crippen LogP contribution < -0.4 is 40.0 Å². The molecule has 0 saturated heterocycles. The van der Waals surface area contributed by atoms with Crippen molar-refractivity contribution in [2.75, 3.05) is 5.32 Å². The molecule has 0 aliphatic heterocycles. The number of carboxylic acid groups (broad SMARTS) is 1. The van der Waals surface area contributed by atoms with Crippen molar-refractivity contribution in [1.29, 1.82) is 0 Å². The quantitative estimate of drug-likeness (QED) is 0.662. The van der Waals surface area contributed by atoms with Crippen LogP contribution in [0.25, 0.3) is 0 Å². The van der Waals surface area contributed by atoms with Crippen LogP contribution in [0.3, 0.4) is 0 Å². The van der Waals surface area contributed by atoms with E-state index in [0.717, 1.165) is 6.42 Å². The van der Waals surface area contributed by atoms with Crippen LogP contribution in [-0.4, -0.2) is 11.9 Å². The summed E-state index contributed by atoms with van der Waals surface area (Å²) < 4.78 is 0. The van der Waals surface area contributed by atoms with Crippen molar-refractivity contribution in [2.45, 2.75) is 27.2 Å². The SMILES string of the molecule is CCC(C)(C)C(=O)Nc1ccc(C(=O)[O-])cc1.[Na+]. The number of carbonyl (C=O) groups excluding carboxylic acids is 2. The first-order valence-electron chi connectivity index (χ1n) is 5.49. The third-order valence-electron chi connectivity index (χ3n) is 2.88. The van der Waals surface area contributed by atoms with Gasteiger partial charge in [-0.15, -0.1) is 0 Å². The number of hydrogen-bond acceptors (Lipinski definition) is 3. The van der Waals surface area contributed by atoms with E-state index >= 15 is 0 Å². The minimum absolute atomic E-state index is 0. The molecule has 0 bridgehead atoms. The average Bonchev–Trinajstić information content (AvgIpc) is 2.29. The fourth-order valence-electron chi connectivity index (χ4n) is 1.15. The standard InChI is InChI=1S/C13H17NO3.Na/c1-4-13(2,3)12(17)14-10-7-5-9(6-8-10)11(15)16;/h5-8H,4H2,1-3H3,(H,14,17)(H,15,16);/q;+1/p-1. The summed E-state index contributed by atoms with van der Waals surface area (Å²) in [6.07, 6.45) is 0.732. The molecular formula is C13H16NNaO3. The van der Waals surface area contributed by atoms with Crippen molar-refractivity contribution in [3.63, 3.8) is 0 Å². The van der Waals surface area contributed by atoms with Gasteiger partial charge in [0.05, 0.1) is 5.97 Å². The molecule has 0 unspecified atom stereocenters. The van der Waals surface area contributed by atoms with Gasteiger partial charge in [-0.25, -0.2) is 0 Å². The molecular weight excluding hydrogens is 241 g/mol. The Bertz CT molecular complexity index is 426. The maximum atomic E-state index is 11.8. The van der Waals surface area contributed by atoms with E-state index in [1.165, 1.54) is 12.1 Å². The van der Waals surface area contributed by atoms with Crippen molar-refractivity contribution in [1.82, 2.24) is 0 Å². The predicted octanol–water partition coefficient (Wildman–Crippen LogP) is -1.57. The Morgan fingerprint density at radius 3 is 2.11 bits per heavy atom.